The van der Waals surface area contributed by atoms with E-state index < -0.39 is 0 Å². The van der Waals surface area contributed by atoms with Crippen molar-refractivity contribution in [2.75, 3.05) is 13.1 Å². The van der Waals surface area contributed by atoms with E-state index in [0.29, 0.717) is 5.92 Å². The maximum Gasteiger partial charge on any atom is 0.123 e. The van der Waals surface area contributed by atoms with Crippen LogP contribution in [0.5, 0.6) is 0 Å². The van der Waals surface area contributed by atoms with E-state index in [1.165, 1.54) is 11.6 Å². The lowest BCUT2D eigenvalue weighted by Gasteiger charge is -2.18. The Labute approximate surface area is 134 Å². The van der Waals surface area contributed by atoms with E-state index in [1.807, 2.05) is 12.1 Å². The molecule has 0 aromatic heterocycles. The van der Waals surface area contributed by atoms with Gasteiger partial charge in [-0.1, -0.05) is 47.1 Å². The second-order valence-electron chi connectivity index (χ2n) is 5.34. The Balaban J connectivity index is 2.06. The van der Waals surface area contributed by atoms with Gasteiger partial charge in [0.05, 0.1) is 0 Å². The third-order valence-electron chi connectivity index (χ3n) is 3.51. The Morgan fingerprint density at radius 1 is 1.05 bits per heavy atom. The quantitative estimate of drug-likeness (QED) is 0.770. The van der Waals surface area contributed by atoms with Crippen molar-refractivity contribution in [2.24, 2.45) is 5.92 Å². The molecule has 0 spiro atoms. The molecular weight excluding hydrogens is 329 g/mol. The van der Waals surface area contributed by atoms with Crippen LogP contribution in [0.15, 0.2) is 53.0 Å². The molecule has 0 fully saturated rings. The zero-order valence-electron chi connectivity index (χ0n) is 12.3. The smallest absolute Gasteiger partial charge is 0.123 e. The highest BCUT2D eigenvalue weighted by atomic mass is 79.9. The number of halogens is 2. The maximum absolute atomic E-state index is 13.3. The number of benzene rings is 2. The fourth-order valence-electron chi connectivity index (χ4n) is 2.56. The summed E-state index contributed by atoms with van der Waals surface area (Å²) < 4.78 is 14.4. The minimum Gasteiger partial charge on any atom is -0.317 e. The Kier molecular flexibility index (Phi) is 6.40. The van der Waals surface area contributed by atoms with E-state index in [-0.39, 0.29) is 5.82 Å². The van der Waals surface area contributed by atoms with Crippen LogP contribution in [-0.2, 0) is 12.8 Å². The Hall–Kier alpha value is -1.19. The molecule has 0 aliphatic carbocycles. The largest absolute Gasteiger partial charge is 0.317 e. The monoisotopic (exact) mass is 349 g/mol. The molecule has 1 nitrogen and oxygen atoms in total. The molecule has 0 bridgehead atoms. The van der Waals surface area contributed by atoms with Crippen molar-refractivity contribution in [1.82, 2.24) is 5.32 Å². The third kappa shape index (κ3) is 5.60. The molecule has 1 unspecified atom stereocenters. The van der Waals surface area contributed by atoms with E-state index in [9.17, 15) is 4.39 Å². The lowest BCUT2D eigenvalue weighted by molar-refractivity contribution is 0.477. The number of nitrogens with one attached hydrogen (secondary N) is 1. The van der Waals surface area contributed by atoms with Crippen LogP contribution in [0.2, 0.25) is 0 Å². The van der Waals surface area contributed by atoms with Crippen LogP contribution in [0.1, 0.15) is 18.1 Å². The van der Waals surface area contributed by atoms with Crippen LogP contribution >= 0.6 is 15.9 Å². The Bertz CT molecular complexity index is 523. The second-order valence-corrected chi connectivity index (χ2v) is 6.26. The molecule has 0 aliphatic heterocycles. The molecular formula is C18H21BrFN. The van der Waals surface area contributed by atoms with Gasteiger partial charge in [0.2, 0.25) is 0 Å². The molecule has 3 heteroatoms. The number of hydrogen-bond donors (Lipinski definition) is 1. The lowest BCUT2D eigenvalue weighted by Crippen LogP contribution is -2.25. The summed E-state index contributed by atoms with van der Waals surface area (Å²) in [4.78, 5) is 0. The highest BCUT2D eigenvalue weighted by Gasteiger charge is 2.11. The third-order valence-corrected chi connectivity index (χ3v) is 4.00. The highest BCUT2D eigenvalue weighted by Crippen LogP contribution is 2.18. The zero-order valence-corrected chi connectivity index (χ0v) is 13.9. The second kappa shape index (κ2) is 8.30. The van der Waals surface area contributed by atoms with Gasteiger partial charge < -0.3 is 5.32 Å². The van der Waals surface area contributed by atoms with Crippen molar-refractivity contribution in [3.8, 4) is 0 Å². The maximum atomic E-state index is 13.3. The van der Waals surface area contributed by atoms with Crippen LogP contribution in [0.4, 0.5) is 4.39 Å². The van der Waals surface area contributed by atoms with Gasteiger partial charge in [0.1, 0.15) is 5.82 Å². The van der Waals surface area contributed by atoms with Gasteiger partial charge in [-0.25, -0.2) is 4.39 Å². The van der Waals surface area contributed by atoms with Crippen molar-refractivity contribution >= 4 is 15.9 Å². The highest BCUT2D eigenvalue weighted by molar-refractivity contribution is 9.10. The van der Waals surface area contributed by atoms with Crippen LogP contribution in [0, 0.1) is 11.7 Å². The molecule has 1 N–H and O–H groups in total. The molecule has 0 heterocycles. The lowest BCUT2D eigenvalue weighted by atomic mass is 9.92. The molecule has 0 saturated heterocycles. The fraction of sp³-hybridized carbons (Fsp3) is 0.333. The first-order valence-electron chi connectivity index (χ1n) is 7.37. The van der Waals surface area contributed by atoms with Crippen molar-refractivity contribution in [3.05, 3.63) is 69.9 Å². The topological polar surface area (TPSA) is 12.0 Å². The van der Waals surface area contributed by atoms with Gasteiger partial charge in [-0.15, -0.1) is 0 Å². The van der Waals surface area contributed by atoms with E-state index in [0.717, 1.165) is 36.0 Å². The first kappa shape index (κ1) is 16.2. The summed E-state index contributed by atoms with van der Waals surface area (Å²) in [5, 5.41) is 3.41. The zero-order chi connectivity index (χ0) is 15.1. The first-order valence-corrected chi connectivity index (χ1v) is 8.16. The predicted octanol–water partition coefficient (Wildman–Crippen LogP) is 4.60. The molecule has 1 atom stereocenters. The molecule has 21 heavy (non-hydrogen) atoms. The van der Waals surface area contributed by atoms with Crippen molar-refractivity contribution < 1.29 is 4.39 Å². The van der Waals surface area contributed by atoms with Crippen LogP contribution < -0.4 is 5.32 Å². The van der Waals surface area contributed by atoms with Gasteiger partial charge in [0.15, 0.2) is 0 Å². The van der Waals surface area contributed by atoms with Crippen LogP contribution in [0.25, 0.3) is 0 Å². The van der Waals surface area contributed by atoms with Crippen molar-refractivity contribution in [2.45, 2.75) is 19.8 Å². The van der Waals surface area contributed by atoms with E-state index in [4.69, 9.17) is 0 Å². The van der Waals surface area contributed by atoms with Gasteiger partial charge >= 0.3 is 0 Å². The van der Waals surface area contributed by atoms with Crippen LogP contribution in [-0.4, -0.2) is 13.1 Å². The Morgan fingerprint density at radius 3 is 2.33 bits per heavy atom. The van der Waals surface area contributed by atoms with Gasteiger partial charge in [0.25, 0.3) is 0 Å². The summed E-state index contributed by atoms with van der Waals surface area (Å²) in [5.74, 6) is 0.304. The SMILES string of the molecule is CCNCC(Cc1cccc(F)c1)Cc1cccc(Br)c1. The summed E-state index contributed by atoms with van der Waals surface area (Å²) >= 11 is 3.52. The summed E-state index contributed by atoms with van der Waals surface area (Å²) in [6.07, 6.45) is 1.88. The van der Waals surface area contributed by atoms with Gasteiger partial charge in [-0.2, -0.15) is 0 Å². The fourth-order valence-corrected chi connectivity index (χ4v) is 3.01. The predicted molar refractivity (Wildman–Crippen MR) is 90.0 cm³/mol. The van der Waals surface area contributed by atoms with Crippen LogP contribution in [0.3, 0.4) is 0 Å². The average Bonchev–Trinajstić information content (AvgIpc) is 2.45. The summed E-state index contributed by atoms with van der Waals surface area (Å²) in [7, 11) is 0. The number of rotatable bonds is 7. The minimum atomic E-state index is -0.155. The first-order chi connectivity index (χ1) is 10.2. The minimum absolute atomic E-state index is 0.155. The molecule has 112 valence electrons. The molecule has 0 aliphatic rings. The van der Waals surface area contributed by atoms with Crippen molar-refractivity contribution in [3.63, 3.8) is 0 Å². The molecule has 2 aromatic carbocycles. The van der Waals surface area contributed by atoms with Crippen molar-refractivity contribution in [1.29, 1.82) is 0 Å². The summed E-state index contributed by atoms with van der Waals surface area (Å²) in [6.45, 7) is 4.01. The average molecular weight is 350 g/mol. The molecule has 0 saturated carbocycles. The van der Waals surface area contributed by atoms with E-state index in [1.54, 1.807) is 12.1 Å². The molecule has 0 radical (unpaired) electrons. The van der Waals surface area contributed by atoms with E-state index in [2.05, 4.69) is 46.4 Å². The summed E-state index contributed by atoms with van der Waals surface area (Å²) in [6, 6.07) is 15.3. The van der Waals surface area contributed by atoms with Gasteiger partial charge in [0, 0.05) is 4.47 Å². The molecule has 2 aromatic rings. The van der Waals surface area contributed by atoms with Gasteiger partial charge in [-0.05, 0) is 67.2 Å². The Morgan fingerprint density at radius 2 is 1.71 bits per heavy atom. The number of hydrogen-bond acceptors (Lipinski definition) is 1. The van der Waals surface area contributed by atoms with Gasteiger partial charge in [-0.3, -0.25) is 0 Å². The normalized spacial score (nSPS) is 12.3. The summed E-state index contributed by atoms with van der Waals surface area (Å²) in [5.41, 5.74) is 2.37. The molecule has 0 amide bonds. The molecule has 2 rings (SSSR count). The standard InChI is InChI=1S/C18H21BrFN/c1-2-21-13-16(9-14-5-3-7-17(19)11-14)10-15-6-4-8-18(20)12-15/h3-8,11-12,16,21H,2,9-10,13H2,1H3. The van der Waals surface area contributed by atoms with E-state index >= 15 is 0 Å².